The van der Waals surface area contributed by atoms with Crippen molar-refractivity contribution in [1.82, 2.24) is 5.32 Å². The summed E-state index contributed by atoms with van der Waals surface area (Å²) in [7, 11) is 1.62. The molecule has 2 aromatic carbocycles. The van der Waals surface area contributed by atoms with E-state index in [1.165, 1.54) is 18.2 Å². The van der Waals surface area contributed by atoms with Crippen LogP contribution in [0.2, 0.25) is 0 Å². The maximum Gasteiger partial charge on any atom is 0.143 e. The molecule has 0 saturated carbocycles. The molecule has 0 bridgehead atoms. The van der Waals surface area contributed by atoms with Crippen LogP contribution in [0.3, 0.4) is 0 Å². The van der Waals surface area contributed by atoms with E-state index in [-0.39, 0.29) is 16.5 Å². The Hall–Kier alpha value is -0.850. The molecule has 0 fully saturated rings. The Bertz CT molecular complexity index is 662. The molecule has 112 valence electrons. The minimum Gasteiger partial charge on any atom is -0.313 e. The molecule has 2 aromatic rings. The van der Waals surface area contributed by atoms with E-state index in [0.29, 0.717) is 10.0 Å². The quantitative estimate of drug-likeness (QED) is 0.673. The van der Waals surface area contributed by atoms with Crippen LogP contribution in [-0.4, -0.2) is 7.05 Å². The zero-order chi connectivity index (χ0) is 15.6. The molecule has 2 rings (SSSR count). The summed E-state index contributed by atoms with van der Waals surface area (Å²) >= 11 is 6.30. The van der Waals surface area contributed by atoms with Crippen molar-refractivity contribution in [2.75, 3.05) is 7.05 Å². The summed E-state index contributed by atoms with van der Waals surface area (Å²) in [5.41, 5.74) is 0.272. The predicted octanol–water partition coefficient (Wildman–Crippen LogP) is 5.13. The molecule has 0 saturated heterocycles. The molecular weight excluding hydrogens is 411 g/mol. The zero-order valence-corrected chi connectivity index (χ0v) is 14.2. The summed E-state index contributed by atoms with van der Waals surface area (Å²) in [4.78, 5) is 0. The lowest BCUT2D eigenvalue weighted by Crippen LogP contribution is -2.21. The van der Waals surface area contributed by atoms with Crippen molar-refractivity contribution in [1.29, 1.82) is 0 Å². The summed E-state index contributed by atoms with van der Waals surface area (Å²) < 4.78 is 42.7. The summed E-state index contributed by atoms with van der Waals surface area (Å²) in [5, 5.41) is 2.90. The van der Waals surface area contributed by atoms with Crippen LogP contribution < -0.4 is 5.32 Å². The largest absolute Gasteiger partial charge is 0.313 e. The van der Waals surface area contributed by atoms with Gasteiger partial charge in [-0.25, -0.2) is 13.2 Å². The molecule has 21 heavy (non-hydrogen) atoms. The van der Waals surface area contributed by atoms with Crippen LogP contribution in [0.1, 0.15) is 17.2 Å². The summed E-state index contributed by atoms with van der Waals surface area (Å²) in [6.07, 6.45) is 0.000972. The molecule has 0 aliphatic carbocycles. The van der Waals surface area contributed by atoms with Crippen molar-refractivity contribution in [3.8, 4) is 0 Å². The number of hydrogen-bond acceptors (Lipinski definition) is 1. The number of benzene rings is 2. The molecule has 0 aromatic heterocycles. The van der Waals surface area contributed by atoms with E-state index >= 15 is 0 Å². The van der Waals surface area contributed by atoms with Crippen molar-refractivity contribution < 1.29 is 13.2 Å². The lowest BCUT2D eigenvalue weighted by molar-refractivity contribution is 0.495. The van der Waals surface area contributed by atoms with Gasteiger partial charge < -0.3 is 5.32 Å². The van der Waals surface area contributed by atoms with Crippen LogP contribution >= 0.6 is 31.9 Å². The van der Waals surface area contributed by atoms with Gasteiger partial charge in [0, 0.05) is 21.6 Å². The summed E-state index contributed by atoms with van der Waals surface area (Å²) in [6.45, 7) is 0. The number of hydrogen-bond donors (Lipinski definition) is 1. The van der Waals surface area contributed by atoms with Gasteiger partial charge in [-0.1, -0.05) is 15.9 Å². The number of rotatable bonds is 4. The Morgan fingerprint density at radius 2 is 1.71 bits per heavy atom. The second kappa shape index (κ2) is 6.94. The molecule has 0 spiro atoms. The third-order valence-electron chi connectivity index (χ3n) is 3.23. The Kier molecular flexibility index (Phi) is 5.46. The highest BCUT2D eigenvalue weighted by atomic mass is 79.9. The summed E-state index contributed by atoms with van der Waals surface area (Å²) in [6, 6.07) is 6.45. The highest BCUT2D eigenvalue weighted by molar-refractivity contribution is 9.10. The number of halogens is 5. The van der Waals surface area contributed by atoms with Gasteiger partial charge in [0.05, 0.1) is 4.47 Å². The third-order valence-corrected chi connectivity index (χ3v) is 4.33. The van der Waals surface area contributed by atoms with E-state index in [4.69, 9.17) is 0 Å². The molecule has 1 unspecified atom stereocenters. The van der Waals surface area contributed by atoms with Crippen LogP contribution in [0.25, 0.3) is 0 Å². The van der Waals surface area contributed by atoms with Crippen LogP contribution in [0.4, 0.5) is 13.2 Å². The Morgan fingerprint density at radius 1 is 1.05 bits per heavy atom. The SMILES string of the molecule is CNC(Cc1c(F)ccc(Br)c1F)c1cc(Br)ccc1F. The standard InChI is InChI=1S/C15H12Br2F3N/c1-21-14(9-6-8(16)2-4-12(9)18)7-10-13(19)5-3-11(17)15(10)20/h2-6,14,21H,7H2,1H3. The van der Waals surface area contributed by atoms with E-state index in [1.807, 2.05) is 0 Å². The van der Waals surface area contributed by atoms with E-state index in [2.05, 4.69) is 37.2 Å². The first-order valence-electron chi connectivity index (χ1n) is 6.18. The second-order valence-electron chi connectivity index (χ2n) is 4.53. The highest BCUT2D eigenvalue weighted by Gasteiger charge is 2.20. The molecule has 1 atom stereocenters. The van der Waals surface area contributed by atoms with Gasteiger partial charge in [0.15, 0.2) is 0 Å². The molecule has 1 nitrogen and oxygen atoms in total. The number of likely N-dealkylation sites (N-methyl/N-ethyl adjacent to an activating group) is 1. The third kappa shape index (κ3) is 3.67. The Labute approximate surface area is 137 Å². The van der Waals surface area contributed by atoms with Gasteiger partial charge in [-0.05, 0) is 59.7 Å². The minimum absolute atomic E-state index is 0.000972. The predicted molar refractivity (Wildman–Crippen MR) is 83.7 cm³/mol. The fourth-order valence-electron chi connectivity index (χ4n) is 2.11. The van der Waals surface area contributed by atoms with E-state index in [1.54, 1.807) is 19.2 Å². The first kappa shape index (κ1) is 16.5. The maximum absolute atomic E-state index is 14.0. The molecular formula is C15H12Br2F3N. The van der Waals surface area contributed by atoms with Crippen LogP contribution in [0.15, 0.2) is 39.3 Å². The monoisotopic (exact) mass is 421 g/mol. The van der Waals surface area contributed by atoms with Crippen molar-refractivity contribution >= 4 is 31.9 Å². The fourth-order valence-corrected chi connectivity index (χ4v) is 2.86. The highest BCUT2D eigenvalue weighted by Crippen LogP contribution is 2.28. The van der Waals surface area contributed by atoms with Crippen molar-refractivity contribution in [2.24, 2.45) is 0 Å². The van der Waals surface area contributed by atoms with Gasteiger partial charge in [-0.15, -0.1) is 0 Å². The molecule has 0 amide bonds. The average Bonchev–Trinajstić information content (AvgIpc) is 2.46. The van der Waals surface area contributed by atoms with E-state index < -0.39 is 23.5 Å². The molecule has 0 radical (unpaired) electrons. The smallest absolute Gasteiger partial charge is 0.143 e. The molecule has 0 aliphatic rings. The summed E-state index contributed by atoms with van der Waals surface area (Å²) in [5.74, 6) is -1.73. The first-order chi connectivity index (χ1) is 9.93. The Balaban J connectivity index is 2.40. The average molecular weight is 423 g/mol. The zero-order valence-electron chi connectivity index (χ0n) is 11.1. The van der Waals surface area contributed by atoms with Crippen LogP contribution in [0, 0.1) is 17.5 Å². The topological polar surface area (TPSA) is 12.0 Å². The maximum atomic E-state index is 14.0. The molecule has 1 N–H and O–H groups in total. The lowest BCUT2D eigenvalue weighted by Gasteiger charge is -2.19. The normalized spacial score (nSPS) is 12.5. The molecule has 0 aliphatic heterocycles. The first-order valence-corrected chi connectivity index (χ1v) is 7.77. The molecule has 0 heterocycles. The minimum atomic E-state index is -0.661. The van der Waals surface area contributed by atoms with E-state index in [0.717, 1.165) is 0 Å². The van der Waals surface area contributed by atoms with Gasteiger partial charge in [-0.2, -0.15) is 0 Å². The Morgan fingerprint density at radius 3 is 2.38 bits per heavy atom. The van der Waals surface area contributed by atoms with Crippen molar-refractivity contribution in [2.45, 2.75) is 12.5 Å². The van der Waals surface area contributed by atoms with E-state index in [9.17, 15) is 13.2 Å². The van der Waals surface area contributed by atoms with Gasteiger partial charge >= 0.3 is 0 Å². The number of nitrogens with one attached hydrogen (secondary N) is 1. The van der Waals surface area contributed by atoms with Crippen molar-refractivity contribution in [3.63, 3.8) is 0 Å². The van der Waals surface area contributed by atoms with Crippen molar-refractivity contribution in [3.05, 3.63) is 67.9 Å². The van der Waals surface area contributed by atoms with Crippen LogP contribution in [0.5, 0.6) is 0 Å². The lowest BCUT2D eigenvalue weighted by atomic mass is 9.98. The van der Waals surface area contributed by atoms with Gasteiger partial charge in [0.1, 0.15) is 17.5 Å². The second-order valence-corrected chi connectivity index (χ2v) is 6.30. The van der Waals surface area contributed by atoms with Gasteiger partial charge in [-0.3, -0.25) is 0 Å². The van der Waals surface area contributed by atoms with Gasteiger partial charge in [0.2, 0.25) is 0 Å². The van der Waals surface area contributed by atoms with Crippen LogP contribution in [-0.2, 0) is 6.42 Å². The molecule has 6 heteroatoms. The fraction of sp³-hybridized carbons (Fsp3) is 0.200. The van der Waals surface area contributed by atoms with Gasteiger partial charge in [0.25, 0.3) is 0 Å².